The van der Waals surface area contributed by atoms with Crippen LogP contribution in [-0.4, -0.2) is 36.3 Å². The molecule has 0 saturated heterocycles. The third-order valence-electron chi connectivity index (χ3n) is 2.12. The highest BCUT2D eigenvalue weighted by atomic mass is 16.2. The van der Waals surface area contributed by atoms with Gasteiger partial charge in [-0.25, -0.2) is 0 Å². The van der Waals surface area contributed by atoms with Crippen molar-refractivity contribution in [1.82, 2.24) is 10.6 Å². The van der Waals surface area contributed by atoms with E-state index in [1.807, 2.05) is 0 Å². The summed E-state index contributed by atoms with van der Waals surface area (Å²) in [4.78, 5) is 32.9. The zero-order valence-corrected chi connectivity index (χ0v) is 8.86. The Kier molecular flexibility index (Phi) is 4.24. The average molecular weight is 228 g/mol. The van der Waals surface area contributed by atoms with Crippen molar-refractivity contribution in [2.24, 2.45) is 11.5 Å². The van der Waals surface area contributed by atoms with Gasteiger partial charge in [-0.3, -0.25) is 14.4 Å². The molecule has 1 atom stereocenters. The van der Waals surface area contributed by atoms with Crippen molar-refractivity contribution in [2.45, 2.75) is 31.3 Å². The summed E-state index contributed by atoms with van der Waals surface area (Å²) in [5.41, 5.74) is 10.3. The van der Waals surface area contributed by atoms with Crippen molar-refractivity contribution in [3.8, 4) is 0 Å². The summed E-state index contributed by atoms with van der Waals surface area (Å²) in [5.74, 6) is -1.45. The maximum Gasteiger partial charge on any atom is 0.239 e. The molecule has 0 heterocycles. The van der Waals surface area contributed by atoms with Gasteiger partial charge in [-0.05, 0) is 12.8 Å². The second-order valence-electron chi connectivity index (χ2n) is 3.84. The van der Waals surface area contributed by atoms with E-state index in [0.717, 1.165) is 12.8 Å². The maximum atomic E-state index is 11.3. The fourth-order valence-electron chi connectivity index (χ4n) is 1.11. The summed E-state index contributed by atoms with van der Waals surface area (Å²) in [6.45, 7) is -0.123. The van der Waals surface area contributed by atoms with E-state index in [4.69, 9.17) is 11.5 Å². The van der Waals surface area contributed by atoms with Crippen LogP contribution in [-0.2, 0) is 14.4 Å². The summed E-state index contributed by atoms with van der Waals surface area (Å²) in [5, 5.41) is 5.04. The monoisotopic (exact) mass is 228 g/mol. The minimum Gasteiger partial charge on any atom is -0.370 e. The Bertz CT molecular complexity index is 301. The molecule has 1 unspecified atom stereocenters. The van der Waals surface area contributed by atoms with Crippen LogP contribution in [0.3, 0.4) is 0 Å². The zero-order valence-electron chi connectivity index (χ0n) is 8.86. The molecule has 7 nitrogen and oxygen atoms in total. The van der Waals surface area contributed by atoms with Crippen molar-refractivity contribution in [3.05, 3.63) is 0 Å². The molecule has 3 amide bonds. The topological polar surface area (TPSA) is 127 Å². The second kappa shape index (κ2) is 5.45. The molecule has 1 saturated carbocycles. The minimum atomic E-state index is -0.994. The molecule has 0 aliphatic heterocycles. The van der Waals surface area contributed by atoms with E-state index in [-0.39, 0.29) is 24.9 Å². The number of nitrogens with one attached hydrogen (secondary N) is 2. The predicted octanol–water partition coefficient (Wildman–Crippen LogP) is -2.42. The molecule has 1 fully saturated rings. The minimum absolute atomic E-state index is 0.123. The lowest BCUT2D eigenvalue weighted by molar-refractivity contribution is -0.128. The van der Waals surface area contributed by atoms with Gasteiger partial charge in [0.1, 0.15) is 0 Å². The SMILES string of the molecule is NC(=O)CC(N)C(=O)NCC(=O)NC1CC1. The largest absolute Gasteiger partial charge is 0.370 e. The van der Waals surface area contributed by atoms with E-state index in [0.29, 0.717) is 0 Å². The molecule has 1 aliphatic rings. The van der Waals surface area contributed by atoms with Gasteiger partial charge in [0, 0.05) is 6.04 Å². The van der Waals surface area contributed by atoms with E-state index >= 15 is 0 Å². The number of rotatable bonds is 6. The first-order chi connectivity index (χ1) is 7.49. The number of carbonyl (C=O) groups excluding carboxylic acids is 3. The highest BCUT2D eigenvalue weighted by molar-refractivity contribution is 5.90. The van der Waals surface area contributed by atoms with Crippen LogP contribution in [0.2, 0.25) is 0 Å². The first kappa shape index (κ1) is 12.4. The van der Waals surface area contributed by atoms with Crippen LogP contribution in [0.25, 0.3) is 0 Å². The Morgan fingerprint density at radius 1 is 1.31 bits per heavy atom. The van der Waals surface area contributed by atoms with Gasteiger partial charge in [0.25, 0.3) is 0 Å². The fraction of sp³-hybridized carbons (Fsp3) is 0.667. The summed E-state index contributed by atoms with van der Waals surface area (Å²) in [6, 6.07) is -0.741. The number of amides is 3. The highest BCUT2D eigenvalue weighted by Gasteiger charge is 2.23. The van der Waals surface area contributed by atoms with Gasteiger partial charge in [0.15, 0.2) is 0 Å². The van der Waals surface area contributed by atoms with Crippen LogP contribution < -0.4 is 22.1 Å². The standard InChI is InChI=1S/C9H16N4O3/c10-6(3-7(11)14)9(16)12-4-8(15)13-5-1-2-5/h5-6H,1-4,10H2,(H2,11,14)(H,12,16)(H,13,15). The molecular formula is C9H16N4O3. The molecular weight excluding hydrogens is 212 g/mol. The Labute approximate surface area is 92.9 Å². The second-order valence-corrected chi connectivity index (χ2v) is 3.84. The fourth-order valence-corrected chi connectivity index (χ4v) is 1.11. The average Bonchev–Trinajstić information content (AvgIpc) is 2.96. The molecule has 16 heavy (non-hydrogen) atoms. The van der Waals surface area contributed by atoms with Crippen molar-refractivity contribution >= 4 is 17.7 Å². The molecule has 7 heteroatoms. The van der Waals surface area contributed by atoms with Crippen LogP contribution in [0, 0.1) is 0 Å². The van der Waals surface area contributed by atoms with Gasteiger partial charge < -0.3 is 22.1 Å². The number of hydrogen-bond donors (Lipinski definition) is 4. The van der Waals surface area contributed by atoms with Gasteiger partial charge in [0.2, 0.25) is 17.7 Å². The first-order valence-corrected chi connectivity index (χ1v) is 5.10. The lowest BCUT2D eigenvalue weighted by Gasteiger charge is -2.10. The summed E-state index contributed by atoms with van der Waals surface area (Å²) in [7, 11) is 0. The Balaban J connectivity index is 2.17. The third-order valence-corrected chi connectivity index (χ3v) is 2.12. The summed E-state index contributed by atoms with van der Waals surface area (Å²) >= 11 is 0. The normalized spacial score (nSPS) is 16.3. The Morgan fingerprint density at radius 2 is 1.94 bits per heavy atom. The van der Waals surface area contributed by atoms with Crippen molar-refractivity contribution < 1.29 is 14.4 Å². The molecule has 0 radical (unpaired) electrons. The molecule has 90 valence electrons. The quantitative estimate of drug-likeness (QED) is 0.403. The number of nitrogens with two attached hydrogens (primary N) is 2. The van der Waals surface area contributed by atoms with E-state index in [9.17, 15) is 14.4 Å². The smallest absolute Gasteiger partial charge is 0.239 e. The molecule has 0 aromatic heterocycles. The van der Waals surface area contributed by atoms with E-state index < -0.39 is 17.9 Å². The number of carbonyl (C=O) groups is 3. The Hall–Kier alpha value is -1.63. The van der Waals surface area contributed by atoms with Crippen LogP contribution in [0.1, 0.15) is 19.3 Å². The molecule has 6 N–H and O–H groups in total. The molecule has 0 bridgehead atoms. The summed E-state index contributed by atoms with van der Waals surface area (Å²) in [6.07, 6.45) is 1.75. The van der Waals surface area contributed by atoms with Gasteiger partial charge in [-0.15, -0.1) is 0 Å². The molecule has 1 rings (SSSR count). The van der Waals surface area contributed by atoms with Crippen LogP contribution in [0.4, 0.5) is 0 Å². The third kappa shape index (κ3) is 4.74. The van der Waals surface area contributed by atoms with Crippen molar-refractivity contribution in [1.29, 1.82) is 0 Å². The lowest BCUT2D eigenvalue weighted by Crippen LogP contribution is -2.46. The number of hydrogen-bond acceptors (Lipinski definition) is 4. The lowest BCUT2D eigenvalue weighted by atomic mass is 10.2. The van der Waals surface area contributed by atoms with E-state index in [1.54, 1.807) is 0 Å². The van der Waals surface area contributed by atoms with Gasteiger partial charge >= 0.3 is 0 Å². The van der Waals surface area contributed by atoms with Crippen LogP contribution in [0.5, 0.6) is 0 Å². The molecule has 0 aromatic carbocycles. The predicted molar refractivity (Wildman–Crippen MR) is 56.0 cm³/mol. The highest BCUT2D eigenvalue weighted by Crippen LogP contribution is 2.18. The van der Waals surface area contributed by atoms with Crippen molar-refractivity contribution in [3.63, 3.8) is 0 Å². The van der Waals surface area contributed by atoms with E-state index in [2.05, 4.69) is 10.6 Å². The van der Waals surface area contributed by atoms with Crippen LogP contribution >= 0.6 is 0 Å². The first-order valence-electron chi connectivity index (χ1n) is 5.10. The molecule has 1 aliphatic carbocycles. The van der Waals surface area contributed by atoms with Gasteiger partial charge in [-0.2, -0.15) is 0 Å². The Morgan fingerprint density at radius 3 is 2.44 bits per heavy atom. The van der Waals surface area contributed by atoms with Crippen molar-refractivity contribution in [2.75, 3.05) is 6.54 Å². The molecule has 0 aromatic rings. The number of primary amides is 1. The van der Waals surface area contributed by atoms with Crippen LogP contribution in [0.15, 0.2) is 0 Å². The maximum absolute atomic E-state index is 11.3. The zero-order chi connectivity index (χ0) is 12.1. The summed E-state index contributed by atoms with van der Waals surface area (Å²) < 4.78 is 0. The van der Waals surface area contributed by atoms with E-state index in [1.165, 1.54) is 0 Å². The molecule has 0 spiro atoms. The van der Waals surface area contributed by atoms with Gasteiger partial charge in [-0.1, -0.05) is 0 Å². The van der Waals surface area contributed by atoms with Gasteiger partial charge in [0.05, 0.1) is 19.0 Å².